The summed E-state index contributed by atoms with van der Waals surface area (Å²) in [6.45, 7) is 0. The Balaban J connectivity index is 0.846. The van der Waals surface area contributed by atoms with E-state index in [1.165, 1.54) is 80.1 Å². The molecule has 16 aromatic rings. The molecule has 3 nitrogen and oxygen atoms in total. The molecule has 3 aromatic heterocycles. The van der Waals surface area contributed by atoms with Crippen LogP contribution in [-0.2, 0) is 0 Å². The molecule has 0 N–H and O–H groups in total. The van der Waals surface area contributed by atoms with Crippen molar-refractivity contribution in [2.45, 2.75) is 0 Å². The van der Waals surface area contributed by atoms with Gasteiger partial charge in [0.15, 0.2) is 0 Å². The van der Waals surface area contributed by atoms with Crippen molar-refractivity contribution in [2.75, 3.05) is 4.90 Å². The molecule has 16 rings (SSSR count). The Bertz CT molecular complexity index is 4950. The fourth-order valence-electron chi connectivity index (χ4n) is 12.3. The molecular formula is C72H44N2OS. The van der Waals surface area contributed by atoms with Gasteiger partial charge >= 0.3 is 0 Å². The van der Waals surface area contributed by atoms with E-state index in [0.717, 1.165) is 72.3 Å². The van der Waals surface area contributed by atoms with E-state index in [4.69, 9.17) is 4.42 Å². The van der Waals surface area contributed by atoms with Gasteiger partial charge in [-0.1, -0.05) is 182 Å². The zero-order valence-corrected chi connectivity index (χ0v) is 41.9. The van der Waals surface area contributed by atoms with E-state index in [1.807, 2.05) is 23.5 Å². The first-order valence-corrected chi connectivity index (χ1v) is 26.8. The van der Waals surface area contributed by atoms with Gasteiger partial charge in [-0.15, -0.1) is 11.3 Å². The van der Waals surface area contributed by atoms with Crippen LogP contribution >= 0.6 is 11.3 Å². The molecule has 354 valence electrons. The van der Waals surface area contributed by atoms with Gasteiger partial charge in [0.25, 0.3) is 0 Å². The topological polar surface area (TPSA) is 21.3 Å². The minimum Gasteiger partial charge on any atom is -0.455 e. The van der Waals surface area contributed by atoms with Crippen LogP contribution in [0.1, 0.15) is 0 Å². The molecule has 0 aliphatic carbocycles. The summed E-state index contributed by atoms with van der Waals surface area (Å²) in [5.41, 5.74) is 15.6. The van der Waals surface area contributed by atoms with Crippen LogP contribution < -0.4 is 4.90 Å². The van der Waals surface area contributed by atoms with Crippen molar-refractivity contribution in [1.82, 2.24) is 4.57 Å². The Morgan fingerprint density at radius 3 is 1.53 bits per heavy atom. The largest absolute Gasteiger partial charge is 0.455 e. The highest BCUT2D eigenvalue weighted by atomic mass is 32.1. The lowest BCUT2D eigenvalue weighted by atomic mass is 9.94. The molecule has 0 fully saturated rings. The van der Waals surface area contributed by atoms with Crippen LogP contribution in [0.3, 0.4) is 0 Å². The Labute approximate surface area is 442 Å². The molecule has 3 heterocycles. The quantitative estimate of drug-likeness (QED) is 0.148. The van der Waals surface area contributed by atoms with E-state index in [2.05, 4.69) is 264 Å². The van der Waals surface area contributed by atoms with E-state index in [0.29, 0.717) is 0 Å². The number of para-hydroxylation sites is 3. The fraction of sp³-hybridized carbons (Fsp3) is 0. The second-order valence-corrected chi connectivity index (χ2v) is 21.0. The SMILES string of the molecule is c1ccc(N(c2ccc(-c3ccc4c(c3)c3cc(-c5ccc(-c6cccc7c6oc6ccccc67)cc5)ccc3n4-c3ccc4c5ccccc5c5ccccc5c4c3)cc2)c2cccc3sc4ccccc4c23)cc1. The normalized spacial score (nSPS) is 11.9. The molecule has 0 radical (unpaired) electrons. The molecule has 0 saturated heterocycles. The van der Waals surface area contributed by atoms with Gasteiger partial charge in [0, 0.05) is 64.3 Å². The van der Waals surface area contributed by atoms with Crippen molar-refractivity contribution in [2.24, 2.45) is 0 Å². The zero-order valence-electron chi connectivity index (χ0n) is 41.1. The van der Waals surface area contributed by atoms with Gasteiger partial charge in [0.05, 0.1) is 16.7 Å². The maximum absolute atomic E-state index is 6.46. The smallest absolute Gasteiger partial charge is 0.143 e. The lowest BCUT2D eigenvalue weighted by Gasteiger charge is -2.26. The molecule has 76 heavy (non-hydrogen) atoms. The van der Waals surface area contributed by atoms with Crippen molar-refractivity contribution in [3.8, 4) is 39.1 Å². The molecule has 0 aliphatic rings. The average molecular weight is 985 g/mol. The van der Waals surface area contributed by atoms with Crippen LogP contribution in [0, 0.1) is 0 Å². The number of hydrogen-bond donors (Lipinski definition) is 0. The molecule has 0 aliphatic heterocycles. The van der Waals surface area contributed by atoms with Crippen LogP contribution in [0.15, 0.2) is 271 Å². The summed E-state index contributed by atoms with van der Waals surface area (Å²) in [6, 6.07) is 97.8. The molecule has 4 heteroatoms. The lowest BCUT2D eigenvalue weighted by Crippen LogP contribution is -2.10. The van der Waals surface area contributed by atoms with Crippen molar-refractivity contribution < 1.29 is 4.42 Å². The zero-order chi connectivity index (χ0) is 49.8. The first-order chi connectivity index (χ1) is 37.7. The second-order valence-electron chi connectivity index (χ2n) is 19.9. The third-order valence-electron chi connectivity index (χ3n) is 15.8. The molecule has 0 saturated carbocycles. The van der Waals surface area contributed by atoms with Gasteiger partial charge in [0.2, 0.25) is 0 Å². The van der Waals surface area contributed by atoms with E-state index < -0.39 is 0 Å². The van der Waals surface area contributed by atoms with E-state index in [-0.39, 0.29) is 0 Å². The Morgan fingerprint density at radius 2 is 0.829 bits per heavy atom. The van der Waals surface area contributed by atoms with E-state index in [9.17, 15) is 0 Å². The standard InChI is InChI=1S/C72H44N2OS/c1-2-14-50(15-3-1)73(67-24-13-27-70-71(67)61-21-9-11-26-69(61)76-70)51-36-32-46(33-37-51)49-35-41-66-64(43-49)63-42-48(45-28-30-47(31-29-45)53-22-12-23-60-59-20-8-10-25-68(59)75-72(53)60)34-40-65(63)74(66)52-38-39-58-56-18-5-4-16-54(56)55-17-6-7-19-57(55)62(58)44-52/h1-44H. The number of anilines is 3. The fourth-order valence-corrected chi connectivity index (χ4v) is 13.4. The van der Waals surface area contributed by atoms with Gasteiger partial charge in [-0.05, 0) is 145 Å². The van der Waals surface area contributed by atoms with Crippen LogP contribution in [-0.4, -0.2) is 4.57 Å². The minimum atomic E-state index is 0.909. The maximum atomic E-state index is 6.46. The van der Waals surface area contributed by atoms with Crippen molar-refractivity contribution in [1.29, 1.82) is 0 Å². The average Bonchev–Trinajstić information content (AvgIpc) is 4.21. The Kier molecular flexibility index (Phi) is 9.51. The third kappa shape index (κ3) is 6.61. The summed E-state index contributed by atoms with van der Waals surface area (Å²) < 4.78 is 11.5. The van der Waals surface area contributed by atoms with Gasteiger partial charge in [0.1, 0.15) is 11.2 Å². The van der Waals surface area contributed by atoms with E-state index >= 15 is 0 Å². The highest BCUT2D eigenvalue weighted by molar-refractivity contribution is 7.26. The number of thiophene rings is 1. The highest BCUT2D eigenvalue weighted by Gasteiger charge is 2.21. The Hall–Kier alpha value is -9.74. The van der Waals surface area contributed by atoms with E-state index in [1.54, 1.807) is 0 Å². The van der Waals surface area contributed by atoms with Gasteiger partial charge in [-0.3, -0.25) is 0 Å². The first-order valence-electron chi connectivity index (χ1n) is 26.0. The second kappa shape index (κ2) is 16.9. The summed E-state index contributed by atoms with van der Waals surface area (Å²) in [7, 11) is 0. The lowest BCUT2D eigenvalue weighted by molar-refractivity contribution is 0.670. The molecule has 0 amide bonds. The maximum Gasteiger partial charge on any atom is 0.143 e. The van der Waals surface area contributed by atoms with Crippen molar-refractivity contribution >= 4 is 125 Å². The number of furan rings is 1. The number of rotatable bonds is 7. The van der Waals surface area contributed by atoms with Crippen LogP contribution in [0.25, 0.3) is 135 Å². The number of nitrogens with zero attached hydrogens (tertiary/aromatic N) is 2. The summed E-state index contributed by atoms with van der Waals surface area (Å²) in [4.78, 5) is 2.41. The summed E-state index contributed by atoms with van der Waals surface area (Å²) >= 11 is 1.85. The predicted octanol–water partition coefficient (Wildman–Crippen LogP) is 21.0. The van der Waals surface area contributed by atoms with Crippen molar-refractivity contribution in [3.63, 3.8) is 0 Å². The number of fused-ring (bicyclic) bond motifs is 15. The van der Waals surface area contributed by atoms with Gasteiger partial charge < -0.3 is 13.9 Å². The molecule has 13 aromatic carbocycles. The molecular weight excluding hydrogens is 941 g/mol. The number of aromatic nitrogens is 1. The monoisotopic (exact) mass is 984 g/mol. The Morgan fingerprint density at radius 1 is 0.316 bits per heavy atom. The van der Waals surface area contributed by atoms with Crippen molar-refractivity contribution in [3.05, 3.63) is 267 Å². The van der Waals surface area contributed by atoms with Crippen LogP contribution in [0.4, 0.5) is 17.1 Å². The predicted molar refractivity (Wildman–Crippen MR) is 324 cm³/mol. The molecule has 0 bridgehead atoms. The third-order valence-corrected chi connectivity index (χ3v) is 16.9. The van der Waals surface area contributed by atoms with Crippen LogP contribution in [0.5, 0.6) is 0 Å². The summed E-state index contributed by atoms with van der Waals surface area (Å²) in [5.74, 6) is 0. The minimum absolute atomic E-state index is 0.909. The summed E-state index contributed by atoms with van der Waals surface area (Å²) in [6.07, 6.45) is 0. The molecule has 0 atom stereocenters. The van der Waals surface area contributed by atoms with Crippen LogP contribution in [0.2, 0.25) is 0 Å². The summed E-state index contributed by atoms with van der Waals surface area (Å²) in [5, 5.41) is 14.9. The van der Waals surface area contributed by atoms with Gasteiger partial charge in [-0.2, -0.15) is 0 Å². The first kappa shape index (κ1) is 42.7. The highest BCUT2D eigenvalue weighted by Crippen LogP contribution is 2.46. The molecule has 0 spiro atoms. The number of hydrogen-bond acceptors (Lipinski definition) is 3. The van der Waals surface area contributed by atoms with Gasteiger partial charge in [-0.25, -0.2) is 0 Å². The number of benzene rings is 13. The molecule has 0 unspecified atom stereocenters.